The number of nitro groups is 1. The molecule has 0 amide bonds. The van der Waals surface area contributed by atoms with Crippen LogP contribution in [0.5, 0.6) is 0 Å². The molecule has 0 aliphatic heterocycles. The van der Waals surface area contributed by atoms with E-state index in [4.69, 9.17) is 0 Å². The van der Waals surface area contributed by atoms with Gasteiger partial charge in [0, 0.05) is 31.5 Å². The molecule has 2 aromatic rings. The average molecular weight is 275 g/mol. The van der Waals surface area contributed by atoms with Gasteiger partial charge in [-0.05, 0) is 19.1 Å². The van der Waals surface area contributed by atoms with E-state index < -0.39 is 16.2 Å². The number of nitrogens with zero attached hydrogens (tertiary/aromatic N) is 4. The van der Waals surface area contributed by atoms with Crippen molar-refractivity contribution in [3.05, 3.63) is 45.0 Å². The van der Waals surface area contributed by atoms with E-state index in [0.29, 0.717) is 12.1 Å². The number of rotatable bonds is 4. The topological polar surface area (TPSA) is 103 Å². The standard InChI is InChI=1S/C12H13N5O3/c1-3-16-11(18)10(17(19)20)9(15-12(16)13-2)8-4-6-14-7-5-8/h4-7H,3H2,1-2H3,(H,13,15). The first-order valence-electron chi connectivity index (χ1n) is 5.97. The smallest absolute Gasteiger partial charge is 0.359 e. The second kappa shape index (κ2) is 5.47. The van der Waals surface area contributed by atoms with Crippen LogP contribution in [-0.4, -0.2) is 26.5 Å². The minimum atomic E-state index is -0.698. The molecule has 2 aromatic heterocycles. The van der Waals surface area contributed by atoms with Crippen molar-refractivity contribution in [3.8, 4) is 11.3 Å². The molecule has 0 atom stereocenters. The van der Waals surface area contributed by atoms with Crippen LogP contribution in [0.15, 0.2) is 29.3 Å². The lowest BCUT2D eigenvalue weighted by atomic mass is 10.1. The van der Waals surface area contributed by atoms with Crippen molar-refractivity contribution in [1.29, 1.82) is 0 Å². The molecular formula is C12H13N5O3. The lowest BCUT2D eigenvalue weighted by Gasteiger charge is -2.11. The Morgan fingerprint density at radius 2 is 2.05 bits per heavy atom. The van der Waals surface area contributed by atoms with Crippen LogP contribution in [0.4, 0.5) is 11.6 Å². The van der Waals surface area contributed by atoms with Crippen LogP contribution in [0.25, 0.3) is 11.3 Å². The highest BCUT2D eigenvalue weighted by atomic mass is 16.6. The summed E-state index contributed by atoms with van der Waals surface area (Å²) < 4.78 is 1.23. The highest BCUT2D eigenvalue weighted by Gasteiger charge is 2.26. The first-order chi connectivity index (χ1) is 9.60. The van der Waals surface area contributed by atoms with E-state index in [1.807, 2.05) is 0 Å². The normalized spacial score (nSPS) is 10.3. The zero-order chi connectivity index (χ0) is 14.7. The first-order valence-corrected chi connectivity index (χ1v) is 5.97. The monoisotopic (exact) mass is 275 g/mol. The van der Waals surface area contributed by atoms with Gasteiger partial charge >= 0.3 is 11.2 Å². The number of hydrogen-bond donors (Lipinski definition) is 1. The summed E-state index contributed by atoms with van der Waals surface area (Å²) >= 11 is 0. The Balaban J connectivity index is 2.83. The fourth-order valence-corrected chi connectivity index (χ4v) is 1.90. The molecule has 0 aliphatic rings. The maximum absolute atomic E-state index is 12.2. The zero-order valence-electron chi connectivity index (χ0n) is 11.0. The largest absolute Gasteiger partial charge is 0.360 e. The quantitative estimate of drug-likeness (QED) is 0.665. The Kier molecular flexibility index (Phi) is 3.74. The third-order valence-electron chi connectivity index (χ3n) is 2.82. The van der Waals surface area contributed by atoms with Crippen LogP contribution in [0, 0.1) is 10.1 Å². The van der Waals surface area contributed by atoms with E-state index in [2.05, 4.69) is 15.3 Å². The predicted molar refractivity (Wildman–Crippen MR) is 73.6 cm³/mol. The molecule has 104 valence electrons. The molecule has 2 rings (SSSR count). The minimum Gasteiger partial charge on any atom is -0.359 e. The zero-order valence-corrected chi connectivity index (χ0v) is 11.0. The Hall–Kier alpha value is -2.77. The van der Waals surface area contributed by atoms with Gasteiger partial charge in [0.15, 0.2) is 5.69 Å². The second-order valence-electron chi connectivity index (χ2n) is 3.93. The second-order valence-corrected chi connectivity index (χ2v) is 3.93. The van der Waals surface area contributed by atoms with Crippen LogP contribution in [-0.2, 0) is 6.54 Å². The number of hydrogen-bond acceptors (Lipinski definition) is 6. The molecule has 8 heteroatoms. The van der Waals surface area contributed by atoms with Gasteiger partial charge in [-0.15, -0.1) is 0 Å². The summed E-state index contributed by atoms with van der Waals surface area (Å²) in [4.78, 5) is 30.8. The van der Waals surface area contributed by atoms with E-state index in [1.54, 1.807) is 26.1 Å². The van der Waals surface area contributed by atoms with E-state index >= 15 is 0 Å². The lowest BCUT2D eigenvalue weighted by molar-refractivity contribution is -0.386. The van der Waals surface area contributed by atoms with Crippen molar-refractivity contribution in [2.24, 2.45) is 0 Å². The third-order valence-corrected chi connectivity index (χ3v) is 2.82. The lowest BCUT2D eigenvalue weighted by Crippen LogP contribution is -2.26. The molecule has 20 heavy (non-hydrogen) atoms. The van der Waals surface area contributed by atoms with Gasteiger partial charge in [-0.1, -0.05) is 0 Å². The summed E-state index contributed by atoms with van der Waals surface area (Å²) in [6, 6.07) is 3.15. The summed E-state index contributed by atoms with van der Waals surface area (Å²) in [5.41, 5.74) is -0.694. The van der Waals surface area contributed by atoms with Crippen LogP contribution in [0.3, 0.4) is 0 Å². The van der Waals surface area contributed by atoms with Crippen molar-refractivity contribution in [2.45, 2.75) is 13.5 Å². The molecular weight excluding hydrogens is 262 g/mol. The fourth-order valence-electron chi connectivity index (χ4n) is 1.90. The van der Waals surface area contributed by atoms with E-state index in [9.17, 15) is 14.9 Å². The fraction of sp³-hybridized carbons (Fsp3) is 0.250. The number of nitrogens with one attached hydrogen (secondary N) is 1. The summed E-state index contributed by atoms with van der Waals surface area (Å²) in [5, 5.41) is 14.0. The summed E-state index contributed by atoms with van der Waals surface area (Å²) in [7, 11) is 1.61. The Bertz CT molecular complexity index is 696. The van der Waals surface area contributed by atoms with Crippen molar-refractivity contribution in [2.75, 3.05) is 12.4 Å². The molecule has 1 N–H and O–H groups in total. The van der Waals surface area contributed by atoms with Crippen LogP contribution in [0.2, 0.25) is 0 Å². The Labute approximate surface area is 114 Å². The van der Waals surface area contributed by atoms with Gasteiger partial charge in [-0.3, -0.25) is 24.5 Å². The third kappa shape index (κ3) is 2.22. The van der Waals surface area contributed by atoms with Crippen molar-refractivity contribution >= 4 is 11.6 Å². The van der Waals surface area contributed by atoms with Crippen LogP contribution >= 0.6 is 0 Å². The molecule has 0 saturated carbocycles. The Morgan fingerprint density at radius 1 is 1.40 bits per heavy atom. The molecule has 0 fully saturated rings. The summed E-state index contributed by atoms with van der Waals surface area (Å²) in [6.07, 6.45) is 2.98. The average Bonchev–Trinajstić information content (AvgIpc) is 2.46. The summed E-state index contributed by atoms with van der Waals surface area (Å²) in [6.45, 7) is 2.01. The number of aromatic nitrogens is 3. The predicted octanol–water partition coefficient (Wildman–Crippen LogP) is 1.28. The van der Waals surface area contributed by atoms with Crippen LogP contribution < -0.4 is 10.9 Å². The van der Waals surface area contributed by atoms with Crippen molar-refractivity contribution in [3.63, 3.8) is 0 Å². The molecule has 0 radical (unpaired) electrons. The van der Waals surface area contributed by atoms with Crippen molar-refractivity contribution < 1.29 is 4.92 Å². The molecule has 0 unspecified atom stereocenters. The van der Waals surface area contributed by atoms with E-state index in [-0.39, 0.29) is 11.6 Å². The van der Waals surface area contributed by atoms with Gasteiger partial charge < -0.3 is 5.32 Å². The summed E-state index contributed by atoms with van der Waals surface area (Å²) in [5.74, 6) is 0.287. The highest BCUT2D eigenvalue weighted by molar-refractivity contribution is 5.69. The maximum Gasteiger partial charge on any atom is 0.360 e. The number of pyridine rings is 1. The highest BCUT2D eigenvalue weighted by Crippen LogP contribution is 2.25. The van der Waals surface area contributed by atoms with Gasteiger partial charge in [0.25, 0.3) is 0 Å². The van der Waals surface area contributed by atoms with Crippen LogP contribution in [0.1, 0.15) is 6.92 Å². The molecule has 0 aliphatic carbocycles. The molecule has 8 nitrogen and oxygen atoms in total. The van der Waals surface area contributed by atoms with Gasteiger partial charge in [0.1, 0.15) is 0 Å². The van der Waals surface area contributed by atoms with Gasteiger partial charge in [0.05, 0.1) is 4.92 Å². The molecule has 2 heterocycles. The van der Waals surface area contributed by atoms with E-state index in [1.165, 1.54) is 17.0 Å². The van der Waals surface area contributed by atoms with Gasteiger partial charge in [-0.2, -0.15) is 0 Å². The van der Waals surface area contributed by atoms with Gasteiger partial charge in [-0.25, -0.2) is 4.98 Å². The SMILES string of the molecule is CCn1c(NC)nc(-c2ccncc2)c([N+](=O)[O-])c1=O. The maximum atomic E-state index is 12.2. The molecule has 0 aromatic carbocycles. The van der Waals surface area contributed by atoms with Crippen molar-refractivity contribution in [1.82, 2.24) is 14.5 Å². The first kappa shape index (κ1) is 13.7. The Morgan fingerprint density at radius 3 is 2.55 bits per heavy atom. The number of anilines is 1. The molecule has 0 spiro atoms. The van der Waals surface area contributed by atoms with E-state index in [0.717, 1.165) is 0 Å². The minimum absolute atomic E-state index is 0.0384. The molecule has 0 saturated heterocycles. The van der Waals surface area contributed by atoms with Gasteiger partial charge in [0.2, 0.25) is 5.95 Å². The molecule has 0 bridgehead atoms.